The second-order valence-electron chi connectivity index (χ2n) is 5.87. The Bertz CT molecular complexity index is 1140. The van der Waals surface area contributed by atoms with E-state index in [1.807, 2.05) is 19.1 Å². The number of nitrogens with zero attached hydrogens (tertiary/aromatic N) is 1. The molecule has 0 N–H and O–H groups in total. The Labute approximate surface area is 152 Å². The molecule has 2 aromatic heterocycles. The minimum Gasteiger partial charge on any atom is -0.452 e. The molecule has 4 aromatic rings. The van der Waals surface area contributed by atoms with E-state index in [9.17, 15) is 13.6 Å². The number of hydrogen-bond acceptors (Lipinski definition) is 5. The Hall–Kier alpha value is -3.48. The molecule has 0 bridgehead atoms. The van der Waals surface area contributed by atoms with Gasteiger partial charge in [-0.15, -0.1) is 0 Å². The summed E-state index contributed by atoms with van der Waals surface area (Å²) in [5.41, 5.74) is 1.63. The number of alkyl halides is 2. The summed E-state index contributed by atoms with van der Waals surface area (Å²) < 4.78 is 41.0. The lowest BCUT2D eigenvalue weighted by Gasteiger charge is -2.09. The van der Waals surface area contributed by atoms with Crippen molar-refractivity contribution >= 4 is 27.9 Å². The molecule has 0 radical (unpaired) electrons. The number of pyridine rings is 1. The molecule has 2 aromatic carbocycles. The first-order chi connectivity index (χ1) is 13.0. The summed E-state index contributed by atoms with van der Waals surface area (Å²) in [5.74, 6) is -0.431. The maximum Gasteiger partial charge on any atom is 0.387 e. The zero-order valence-corrected chi connectivity index (χ0v) is 14.1. The summed E-state index contributed by atoms with van der Waals surface area (Å²) in [6, 6.07) is 11.2. The number of fused-ring (bicyclic) bond motifs is 3. The summed E-state index contributed by atoms with van der Waals surface area (Å²) in [4.78, 5) is 16.7. The topological polar surface area (TPSA) is 61.6 Å². The van der Waals surface area contributed by atoms with E-state index in [0.717, 1.165) is 5.56 Å². The van der Waals surface area contributed by atoms with Crippen LogP contribution in [0.3, 0.4) is 0 Å². The molecule has 0 aliphatic heterocycles. The number of aryl methyl sites for hydroxylation is 1. The second kappa shape index (κ2) is 6.68. The van der Waals surface area contributed by atoms with E-state index < -0.39 is 12.6 Å². The summed E-state index contributed by atoms with van der Waals surface area (Å²) in [5, 5.41) is 0.816. The first-order valence-corrected chi connectivity index (χ1v) is 8.06. The van der Waals surface area contributed by atoms with Crippen molar-refractivity contribution in [1.29, 1.82) is 0 Å². The third kappa shape index (κ3) is 3.19. The van der Waals surface area contributed by atoms with Crippen LogP contribution in [0.2, 0.25) is 0 Å². The fourth-order valence-electron chi connectivity index (χ4n) is 2.83. The van der Waals surface area contributed by atoms with Crippen LogP contribution in [0.15, 0.2) is 59.3 Å². The molecule has 7 heteroatoms. The largest absolute Gasteiger partial charge is 0.452 e. The van der Waals surface area contributed by atoms with Crippen molar-refractivity contribution in [2.45, 2.75) is 13.5 Å². The van der Waals surface area contributed by atoms with E-state index in [1.165, 1.54) is 24.5 Å². The van der Waals surface area contributed by atoms with Crippen molar-refractivity contribution in [2.24, 2.45) is 0 Å². The fraction of sp³-hybridized carbons (Fsp3) is 0.100. The fourth-order valence-corrected chi connectivity index (χ4v) is 2.83. The van der Waals surface area contributed by atoms with Gasteiger partial charge in [0.25, 0.3) is 0 Å². The molecule has 136 valence electrons. The van der Waals surface area contributed by atoms with E-state index in [1.54, 1.807) is 18.2 Å². The van der Waals surface area contributed by atoms with Gasteiger partial charge in [-0.05, 0) is 37.3 Å². The van der Waals surface area contributed by atoms with Gasteiger partial charge in [0, 0.05) is 23.2 Å². The van der Waals surface area contributed by atoms with Crippen molar-refractivity contribution in [1.82, 2.24) is 4.98 Å². The first-order valence-electron chi connectivity index (χ1n) is 8.06. The minimum atomic E-state index is -3.02. The van der Waals surface area contributed by atoms with Gasteiger partial charge in [-0.25, -0.2) is 4.79 Å². The van der Waals surface area contributed by atoms with Gasteiger partial charge in [0.15, 0.2) is 11.3 Å². The Kier molecular flexibility index (Phi) is 4.19. The summed E-state index contributed by atoms with van der Waals surface area (Å²) in [7, 11) is 0. The number of halogens is 2. The normalized spacial score (nSPS) is 11.3. The lowest BCUT2D eigenvalue weighted by atomic mass is 10.1. The average molecular weight is 369 g/mol. The van der Waals surface area contributed by atoms with Crippen LogP contribution >= 0.6 is 0 Å². The molecule has 5 nitrogen and oxygen atoms in total. The predicted octanol–water partition coefficient (Wildman–Crippen LogP) is 5.11. The van der Waals surface area contributed by atoms with E-state index in [-0.39, 0.29) is 16.9 Å². The first kappa shape index (κ1) is 17.0. The Morgan fingerprint density at radius 3 is 2.63 bits per heavy atom. The number of ether oxygens (including phenoxy) is 2. The number of esters is 1. The SMILES string of the molecule is Cc1ccc(OC(=O)c2ccc(OC(F)F)c3oc4ccncc4c23)cc1. The molecule has 0 saturated carbocycles. The molecule has 0 spiro atoms. The number of carbonyl (C=O) groups excluding carboxylic acids is 1. The van der Waals surface area contributed by atoms with Crippen LogP contribution in [0.25, 0.3) is 21.9 Å². The van der Waals surface area contributed by atoms with Gasteiger partial charge >= 0.3 is 12.6 Å². The maximum atomic E-state index is 12.7. The second-order valence-corrected chi connectivity index (χ2v) is 5.87. The minimum absolute atomic E-state index is 0.0386. The third-order valence-electron chi connectivity index (χ3n) is 4.05. The van der Waals surface area contributed by atoms with Gasteiger partial charge < -0.3 is 13.9 Å². The number of hydrogen-bond donors (Lipinski definition) is 0. The maximum absolute atomic E-state index is 12.7. The van der Waals surface area contributed by atoms with Crippen LogP contribution in [0.5, 0.6) is 11.5 Å². The van der Waals surface area contributed by atoms with Crippen LogP contribution in [0, 0.1) is 6.92 Å². The van der Waals surface area contributed by atoms with Crippen LogP contribution in [-0.4, -0.2) is 17.6 Å². The quantitative estimate of drug-likeness (QED) is 0.369. The molecular weight excluding hydrogens is 356 g/mol. The molecule has 2 heterocycles. The predicted molar refractivity (Wildman–Crippen MR) is 94.3 cm³/mol. The van der Waals surface area contributed by atoms with Gasteiger partial charge in [0.05, 0.1) is 5.56 Å². The zero-order valence-electron chi connectivity index (χ0n) is 14.1. The molecule has 0 fully saturated rings. The highest BCUT2D eigenvalue weighted by Crippen LogP contribution is 2.37. The van der Waals surface area contributed by atoms with Crippen LogP contribution in [0.4, 0.5) is 8.78 Å². The van der Waals surface area contributed by atoms with Crippen molar-refractivity contribution in [3.63, 3.8) is 0 Å². The number of furan rings is 1. The molecule has 0 saturated heterocycles. The van der Waals surface area contributed by atoms with Gasteiger partial charge in [0.2, 0.25) is 0 Å². The van der Waals surface area contributed by atoms with E-state index in [4.69, 9.17) is 9.15 Å². The van der Waals surface area contributed by atoms with Gasteiger partial charge in [-0.2, -0.15) is 8.78 Å². The van der Waals surface area contributed by atoms with Gasteiger partial charge in [-0.3, -0.25) is 4.98 Å². The number of benzene rings is 2. The van der Waals surface area contributed by atoms with Crippen molar-refractivity contribution in [2.75, 3.05) is 0 Å². The number of aromatic nitrogens is 1. The van der Waals surface area contributed by atoms with Crippen LogP contribution in [-0.2, 0) is 0 Å². The number of rotatable bonds is 4. The Morgan fingerprint density at radius 1 is 1.11 bits per heavy atom. The van der Waals surface area contributed by atoms with Gasteiger partial charge in [-0.1, -0.05) is 17.7 Å². The third-order valence-corrected chi connectivity index (χ3v) is 4.05. The lowest BCUT2D eigenvalue weighted by Crippen LogP contribution is -2.09. The lowest BCUT2D eigenvalue weighted by molar-refractivity contribution is -0.0493. The number of carbonyl (C=O) groups is 1. The molecule has 0 unspecified atom stereocenters. The summed E-state index contributed by atoms with van der Waals surface area (Å²) in [6.45, 7) is -1.11. The smallest absolute Gasteiger partial charge is 0.387 e. The van der Waals surface area contributed by atoms with Crippen molar-refractivity contribution < 1.29 is 27.5 Å². The van der Waals surface area contributed by atoms with Crippen molar-refractivity contribution in [3.05, 3.63) is 66.0 Å². The van der Waals surface area contributed by atoms with Crippen molar-refractivity contribution in [3.8, 4) is 11.5 Å². The highest BCUT2D eigenvalue weighted by atomic mass is 19.3. The highest BCUT2D eigenvalue weighted by molar-refractivity contribution is 6.16. The summed E-state index contributed by atoms with van der Waals surface area (Å²) >= 11 is 0. The molecular formula is C20H13F2NO4. The van der Waals surface area contributed by atoms with Crippen LogP contribution in [0.1, 0.15) is 15.9 Å². The van der Waals surface area contributed by atoms with E-state index >= 15 is 0 Å². The highest BCUT2D eigenvalue weighted by Gasteiger charge is 2.22. The molecule has 27 heavy (non-hydrogen) atoms. The zero-order chi connectivity index (χ0) is 19.0. The Balaban J connectivity index is 1.84. The molecule has 4 rings (SSSR count). The van der Waals surface area contributed by atoms with Gasteiger partial charge in [0.1, 0.15) is 11.3 Å². The average Bonchev–Trinajstić information content (AvgIpc) is 3.03. The van der Waals surface area contributed by atoms with E-state index in [2.05, 4.69) is 9.72 Å². The van der Waals surface area contributed by atoms with Crippen LogP contribution < -0.4 is 9.47 Å². The molecule has 0 aliphatic carbocycles. The molecule has 0 atom stereocenters. The molecule has 0 amide bonds. The standard InChI is InChI=1S/C20H13F2NO4/c1-11-2-4-12(5-3-11)25-19(24)13-6-7-16(27-20(21)22)18-17(13)14-10-23-9-8-15(14)26-18/h2-10,20H,1H3. The summed E-state index contributed by atoms with van der Waals surface area (Å²) in [6.07, 6.45) is 3.00. The van der Waals surface area contributed by atoms with E-state index in [0.29, 0.717) is 22.1 Å². The molecule has 0 aliphatic rings. The Morgan fingerprint density at radius 2 is 1.89 bits per heavy atom. The monoisotopic (exact) mass is 369 g/mol.